The van der Waals surface area contributed by atoms with Crippen LogP contribution in [0.15, 0.2) is 9.53 Å². The van der Waals surface area contributed by atoms with Crippen molar-refractivity contribution in [1.29, 1.82) is 0 Å². The number of nitrogens with zero attached hydrogens (tertiary/aromatic N) is 3. The van der Waals surface area contributed by atoms with Gasteiger partial charge in [0.15, 0.2) is 22.1 Å². The normalized spacial score (nSPS) is 29.3. The largest absolute Gasteiger partial charge is 1.00 e. The third-order valence-corrected chi connectivity index (χ3v) is 3.86. The predicted molar refractivity (Wildman–Crippen MR) is 74.4 cm³/mol. The third-order valence-electron chi connectivity index (χ3n) is 3.30. The van der Waals surface area contributed by atoms with Crippen LogP contribution in [0.4, 0.5) is 5.95 Å². The highest BCUT2D eigenvalue weighted by Crippen LogP contribution is 2.33. The number of aliphatic hydroxyl groups excluding tert-OH is 3. The Hall–Kier alpha value is -1.53. The molecule has 0 aliphatic carbocycles. The van der Waals surface area contributed by atoms with Crippen molar-refractivity contribution >= 4 is 33.0 Å². The molecular weight excluding hydrogens is 350 g/mol. The average Bonchev–Trinajstić information content (AvgIpc) is 2.89. The van der Waals surface area contributed by atoms with E-state index in [-0.39, 0.29) is 23.3 Å². The lowest BCUT2D eigenvalue weighted by Gasteiger charge is -2.17. The smallest absolute Gasteiger partial charge is 0.394 e. The number of H-pyrrole nitrogens is 1. The number of hydrogen-bond donors (Lipinski definition) is 5. The first-order valence-electron chi connectivity index (χ1n) is 5.99. The first kappa shape index (κ1) is 14.4. The highest BCUT2D eigenvalue weighted by molar-refractivity contribution is 9.10. The van der Waals surface area contributed by atoms with Crippen LogP contribution in [0.3, 0.4) is 0 Å². The number of aromatic amines is 1. The fourth-order valence-electron chi connectivity index (χ4n) is 2.29. The van der Waals surface area contributed by atoms with E-state index in [0.717, 1.165) is 0 Å². The number of nitrogen functional groups attached to an aromatic ring is 1. The van der Waals surface area contributed by atoms with Crippen LogP contribution in [0.5, 0.6) is 0 Å². The van der Waals surface area contributed by atoms with Crippen LogP contribution in [-0.4, -0.2) is 59.8 Å². The zero-order valence-corrected chi connectivity index (χ0v) is 12.1. The molecule has 11 heteroatoms. The van der Waals surface area contributed by atoms with Crippen LogP contribution in [-0.2, 0) is 4.74 Å². The summed E-state index contributed by atoms with van der Waals surface area (Å²) in [6.07, 6.45) is -4.61. The molecule has 21 heavy (non-hydrogen) atoms. The maximum atomic E-state index is 11.8. The summed E-state index contributed by atoms with van der Waals surface area (Å²) >= 11 is 3.15. The maximum Gasteiger partial charge on any atom is 1.00 e. The third kappa shape index (κ3) is 2.13. The number of imidazole rings is 1. The van der Waals surface area contributed by atoms with E-state index in [1.807, 2.05) is 0 Å². The molecule has 1 fully saturated rings. The van der Waals surface area contributed by atoms with E-state index in [0.29, 0.717) is 0 Å². The second-order valence-electron chi connectivity index (χ2n) is 4.60. The van der Waals surface area contributed by atoms with Crippen LogP contribution in [0.25, 0.3) is 11.2 Å². The zero-order chi connectivity index (χ0) is 15.3. The molecular formula is C10H13BrN5O5+. The summed E-state index contributed by atoms with van der Waals surface area (Å²) in [7, 11) is 0. The number of aliphatic hydroxyl groups is 3. The van der Waals surface area contributed by atoms with E-state index >= 15 is 0 Å². The molecule has 1 aliphatic rings. The molecule has 0 spiro atoms. The summed E-state index contributed by atoms with van der Waals surface area (Å²) in [4.78, 5) is 22.0. The Kier molecular flexibility index (Phi) is 3.45. The van der Waals surface area contributed by atoms with Gasteiger partial charge in [0, 0.05) is 0 Å². The molecule has 6 N–H and O–H groups in total. The minimum Gasteiger partial charge on any atom is -0.394 e. The fourth-order valence-corrected chi connectivity index (χ4v) is 2.84. The highest BCUT2D eigenvalue weighted by atomic mass is 79.9. The lowest BCUT2D eigenvalue weighted by atomic mass is 10.1. The first-order valence-corrected chi connectivity index (χ1v) is 6.79. The van der Waals surface area contributed by atoms with Crippen molar-refractivity contribution in [2.24, 2.45) is 0 Å². The minimum absolute atomic E-state index is 0. The second kappa shape index (κ2) is 5.03. The number of nitrogens with two attached hydrogens (primary N) is 1. The quantitative estimate of drug-likeness (QED) is 0.390. The molecule has 3 heterocycles. The molecule has 114 valence electrons. The minimum atomic E-state index is -1.32. The van der Waals surface area contributed by atoms with Crippen molar-refractivity contribution in [3.63, 3.8) is 0 Å². The lowest BCUT2D eigenvalue weighted by molar-refractivity contribution is -0.0521. The summed E-state index contributed by atoms with van der Waals surface area (Å²) in [6, 6.07) is 0. The lowest BCUT2D eigenvalue weighted by Crippen LogP contribution is -2.33. The van der Waals surface area contributed by atoms with Crippen molar-refractivity contribution in [3.05, 3.63) is 15.1 Å². The molecule has 0 bridgehead atoms. The standard InChI is InChI=1S/C10H12BrN5O5/c11-9-13-3-6(14-10(12)15-7(3)20)16(9)8-5(19)4(18)2(1-17)21-8/h2,4-5,8,17-19H,1H2,(H3,12,14,15,20)/p+1/t2-,4-,5-,8-/m1/s1. The number of fused-ring (bicyclic) bond motifs is 1. The number of nitrogens with one attached hydrogen (secondary N) is 1. The molecule has 1 aliphatic heterocycles. The molecule has 0 radical (unpaired) electrons. The number of ether oxygens (including phenoxy) is 1. The number of hydrogen-bond acceptors (Lipinski definition) is 8. The highest BCUT2D eigenvalue weighted by Gasteiger charge is 2.44. The Bertz CT molecular complexity index is 751. The van der Waals surface area contributed by atoms with Crippen molar-refractivity contribution in [3.8, 4) is 0 Å². The van der Waals surface area contributed by atoms with Crippen LogP contribution < -0.4 is 11.3 Å². The molecule has 1 saturated heterocycles. The number of anilines is 1. The van der Waals surface area contributed by atoms with Crippen molar-refractivity contribution in [2.45, 2.75) is 24.5 Å². The Balaban J connectivity index is 0.00000176. The molecule has 10 nitrogen and oxygen atoms in total. The molecule has 0 unspecified atom stereocenters. The van der Waals surface area contributed by atoms with E-state index in [1.54, 1.807) is 0 Å². The van der Waals surface area contributed by atoms with E-state index < -0.39 is 36.7 Å². The molecule has 4 atom stereocenters. The number of aromatic nitrogens is 4. The van der Waals surface area contributed by atoms with Gasteiger partial charge in [0.2, 0.25) is 5.95 Å². The van der Waals surface area contributed by atoms with E-state index in [9.17, 15) is 15.0 Å². The van der Waals surface area contributed by atoms with Gasteiger partial charge in [-0.1, -0.05) is 0 Å². The Morgan fingerprint density at radius 2 is 2.14 bits per heavy atom. The van der Waals surface area contributed by atoms with Crippen molar-refractivity contribution in [2.75, 3.05) is 12.3 Å². The van der Waals surface area contributed by atoms with E-state index in [1.165, 1.54) is 4.57 Å². The predicted octanol–water partition coefficient (Wildman–Crippen LogP) is -1.81. The van der Waals surface area contributed by atoms with Gasteiger partial charge in [-0.05, 0) is 15.9 Å². The molecule has 2 aromatic heterocycles. The van der Waals surface area contributed by atoms with Gasteiger partial charge >= 0.3 is 1.43 Å². The van der Waals surface area contributed by atoms with E-state index in [2.05, 4.69) is 30.9 Å². The SMILES string of the molecule is Nc1nc2c(nc(Br)n2[C@@H]2O[C@H](CO)[C@@H](O)[C@H]2O)c(=O)[nH]1.[H+]. The number of halogens is 1. The van der Waals surface area contributed by atoms with Crippen molar-refractivity contribution in [1.82, 2.24) is 19.5 Å². The molecule has 0 aromatic carbocycles. The number of rotatable bonds is 2. The second-order valence-corrected chi connectivity index (χ2v) is 5.31. The average molecular weight is 363 g/mol. The van der Waals surface area contributed by atoms with Crippen LogP contribution in [0, 0.1) is 0 Å². The van der Waals surface area contributed by atoms with Gasteiger partial charge in [0.05, 0.1) is 6.61 Å². The zero-order valence-electron chi connectivity index (χ0n) is 11.5. The molecule has 0 saturated carbocycles. The van der Waals surface area contributed by atoms with Gasteiger partial charge < -0.3 is 25.8 Å². The molecule has 2 aromatic rings. The maximum absolute atomic E-state index is 11.8. The van der Waals surface area contributed by atoms with Crippen LogP contribution in [0.2, 0.25) is 0 Å². The van der Waals surface area contributed by atoms with Crippen LogP contribution >= 0.6 is 15.9 Å². The van der Waals surface area contributed by atoms with Gasteiger partial charge in [-0.3, -0.25) is 14.3 Å². The molecule has 3 rings (SSSR count). The van der Waals surface area contributed by atoms with Gasteiger partial charge in [0.25, 0.3) is 5.56 Å². The Morgan fingerprint density at radius 3 is 2.76 bits per heavy atom. The van der Waals surface area contributed by atoms with Gasteiger partial charge in [-0.2, -0.15) is 4.98 Å². The first-order chi connectivity index (χ1) is 9.93. The van der Waals surface area contributed by atoms with Gasteiger partial charge in [0.1, 0.15) is 18.3 Å². The monoisotopic (exact) mass is 362 g/mol. The van der Waals surface area contributed by atoms with Gasteiger partial charge in [-0.25, -0.2) is 4.98 Å². The molecule has 0 amide bonds. The van der Waals surface area contributed by atoms with E-state index in [4.69, 9.17) is 15.6 Å². The summed E-state index contributed by atoms with van der Waals surface area (Å²) < 4.78 is 6.87. The van der Waals surface area contributed by atoms with Crippen LogP contribution in [0.1, 0.15) is 7.65 Å². The summed E-state index contributed by atoms with van der Waals surface area (Å²) in [5, 5.41) is 29.0. The Labute approximate surface area is 126 Å². The summed E-state index contributed by atoms with van der Waals surface area (Å²) in [5.41, 5.74) is 5.07. The summed E-state index contributed by atoms with van der Waals surface area (Å²) in [5.74, 6) is -0.118. The summed E-state index contributed by atoms with van der Waals surface area (Å²) in [6.45, 7) is -0.463. The Morgan fingerprint density at radius 1 is 1.43 bits per heavy atom. The topological polar surface area (TPSA) is 160 Å². The van der Waals surface area contributed by atoms with Crippen molar-refractivity contribution < 1.29 is 21.5 Å². The fraction of sp³-hybridized carbons (Fsp3) is 0.500. The van der Waals surface area contributed by atoms with Gasteiger partial charge in [-0.15, -0.1) is 0 Å².